The van der Waals surface area contributed by atoms with Crippen molar-refractivity contribution in [3.8, 4) is 0 Å². The van der Waals surface area contributed by atoms with Gasteiger partial charge in [0.25, 0.3) is 0 Å². The lowest BCUT2D eigenvalue weighted by atomic mass is 10.2. The van der Waals surface area contributed by atoms with Gasteiger partial charge in [0.15, 0.2) is 0 Å². The summed E-state index contributed by atoms with van der Waals surface area (Å²) >= 11 is 1.82. The lowest BCUT2D eigenvalue weighted by Crippen LogP contribution is -2.23. The minimum atomic E-state index is -3.44. The smallest absolute Gasteiger partial charge is 0.240 e. The van der Waals surface area contributed by atoms with Crippen LogP contribution >= 0.6 is 11.8 Å². The van der Waals surface area contributed by atoms with Gasteiger partial charge >= 0.3 is 0 Å². The van der Waals surface area contributed by atoms with E-state index in [1.165, 1.54) is 6.07 Å². The van der Waals surface area contributed by atoms with Gasteiger partial charge in [0, 0.05) is 13.1 Å². The molecular weight excluding hydrogens is 294 g/mol. The standard InChI is InChI=1S/C13H23N3O2S2/c1-3-16-20(17,18)11-6-7-12(14)13(10-11)15-8-4-5-9-19-2/h6-7,10,15-16H,3-5,8-9,14H2,1-2H3. The second-order valence-corrected chi connectivity index (χ2v) is 7.13. The van der Waals surface area contributed by atoms with E-state index in [4.69, 9.17) is 5.73 Å². The lowest BCUT2D eigenvalue weighted by molar-refractivity contribution is 0.584. The number of nitrogens with one attached hydrogen (secondary N) is 2. The van der Waals surface area contributed by atoms with Crippen molar-refractivity contribution in [2.75, 3.05) is 36.1 Å². The highest BCUT2D eigenvalue weighted by Gasteiger charge is 2.14. The Morgan fingerprint density at radius 3 is 2.70 bits per heavy atom. The van der Waals surface area contributed by atoms with Gasteiger partial charge in [-0.3, -0.25) is 0 Å². The van der Waals surface area contributed by atoms with Crippen molar-refractivity contribution in [3.05, 3.63) is 18.2 Å². The minimum Gasteiger partial charge on any atom is -0.397 e. The summed E-state index contributed by atoms with van der Waals surface area (Å²) in [6.07, 6.45) is 4.24. The molecule has 0 saturated heterocycles. The molecule has 0 bridgehead atoms. The van der Waals surface area contributed by atoms with E-state index in [2.05, 4.69) is 16.3 Å². The SMILES string of the molecule is CCNS(=O)(=O)c1ccc(N)c(NCCCCSC)c1. The molecule has 20 heavy (non-hydrogen) atoms. The van der Waals surface area contributed by atoms with E-state index in [-0.39, 0.29) is 4.90 Å². The molecule has 0 heterocycles. The summed E-state index contributed by atoms with van der Waals surface area (Å²) in [5, 5.41) is 3.20. The first-order valence-corrected chi connectivity index (χ1v) is 9.51. The molecule has 4 N–H and O–H groups in total. The zero-order chi connectivity index (χ0) is 15.0. The molecule has 5 nitrogen and oxygen atoms in total. The number of nitrogen functional groups attached to an aromatic ring is 1. The molecule has 0 unspecified atom stereocenters. The molecule has 0 aliphatic carbocycles. The zero-order valence-corrected chi connectivity index (χ0v) is 13.6. The summed E-state index contributed by atoms with van der Waals surface area (Å²) in [6.45, 7) is 2.90. The third-order valence-corrected chi connectivity index (χ3v) is 5.00. The summed E-state index contributed by atoms with van der Waals surface area (Å²) in [7, 11) is -3.44. The van der Waals surface area contributed by atoms with Crippen molar-refractivity contribution in [3.63, 3.8) is 0 Å². The highest BCUT2D eigenvalue weighted by atomic mass is 32.2. The van der Waals surface area contributed by atoms with Crippen molar-refractivity contribution in [1.82, 2.24) is 4.72 Å². The Labute approximate surface area is 125 Å². The molecule has 114 valence electrons. The summed E-state index contributed by atoms with van der Waals surface area (Å²) in [5.41, 5.74) is 7.10. The number of anilines is 2. The van der Waals surface area contributed by atoms with Crippen LogP contribution in [0.3, 0.4) is 0 Å². The van der Waals surface area contributed by atoms with Gasteiger partial charge in [-0.1, -0.05) is 6.92 Å². The Kier molecular flexibility index (Phi) is 7.18. The van der Waals surface area contributed by atoms with Crippen LogP contribution < -0.4 is 15.8 Å². The van der Waals surface area contributed by atoms with Gasteiger partial charge < -0.3 is 11.1 Å². The minimum absolute atomic E-state index is 0.236. The number of thioether (sulfide) groups is 1. The normalized spacial score (nSPS) is 11.5. The van der Waals surface area contributed by atoms with Crippen LogP contribution in [-0.4, -0.2) is 33.5 Å². The molecule has 1 rings (SSSR count). The number of rotatable bonds is 9. The van der Waals surface area contributed by atoms with Gasteiger partial charge in [-0.25, -0.2) is 13.1 Å². The van der Waals surface area contributed by atoms with Crippen molar-refractivity contribution >= 4 is 33.2 Å². The van der Waals surface area contributed by atoms with Crippen LogP contribution in [0.4, 0.5) is 11.4 Å². The Morgan fingerprint density at radius 2 is 2.05 bits per heavy atom. The van der Waals surface area contributed by atoms with Crippen LogP contribution in [0.25, 0.3) is 0 Å². The molecule has 1 aromatic rings. The predicted molar refractivity (Wildman–Crippen MR) is 87.8 cm³/mol. The first kappa shape index (κ1) is 17.1. The van der Waals surface area contributed by atoms with E-state index in [1.807, 2.05) is 11.8 Å². The number of hydrogen-bond donors (Lipinski definition) is 3. The monoisotopic (exact) mass is 317 g/mol. The quantitative estimate of drug-likeness (QED) is 0.480. The second kappa shape index (κ2) is 8.39. The molecular formula is C13H23N3O2S2. The van der Waals surface area contributed by atoms with Crippen molar-refractivity contribution in [2.24, 2.45) is 0 Å². The maximum atomic E-state index is 11.9. The van der Waals surface area contributed by atoms with Gasteiger partial charge in [-0.05, 0) is 43.0 Å². The molecule has 0 aliphatic heterocycles. The van der Waals surface area contributed by atoms with Crippen molar-refractivity contribution < 1.29 is 8.42 Å². The topological polar surface area (TPSA) is 84.2 Å². The third kappa shape index (κ3) is 5.22. The molecule has 0 atom stereocenters. The zero-order valence-electron chi connectivity index (χ0n) is 12.0. The van der Waals surface area contributed by atoms with E-state index >= 15 is 0 Å². The first-order valence-electron chi connectivity index (χ1n) is 6.63. The highest BCUT2D eigenvalue weighted by Crippen LogP contribution is 2.22. The van der Waals surface area contributed by atoms with Gasteiger partial charge in [-0.2, -0.15) is 11.8 Å². The van der Waals surface area contributed by atoms with Crippen LogP contribution in [0.5, 0.6) is 0 Å². The number of hydrogen-bond acceptors (Lipinski definition) is 5. The third-order valence-electron chi connectivity index (χ3n) is 2.76. The average Bonchev–Trinajstić information content (AvgIpc) is 2.40. The fourth-order valence-corrected chi connectivity index (χ4v) is 3.28. The summed E-state index contributed by atoms with van der Waals surface area (Å²) in [4.78, 5) is 0.236. The molecule has 0 spiro atoms. The largest absolute Gasteiger partial charge is 0.397 e. The Balaban J connectivity index is 2.72. The Hall–Kier alpha value is -0.920. The summed E-state index contributed by atoms with van der Waals surface area (Å²) in [5.74, 6) is 1.13. The second-order valence-electron chi connectivity index (χ2n) is 4.38. The summed E-state index contributed by atoms with van der Waals surface area (Å²) < 4.78 is 26.3. The molecule has 7 heteroatoms. The van der Waals surface area contributed by atoms with Crippen molar-refractivity contribution in [2.45, 2.75) is 24.7 Å². The van der Waals surface area contributed by atoms with Gasteiger partial charge in [0.05, 0.1) is 16.3 Å². The number of sulfonamides is 1. The molecule has 0 aromatic heterocycles. The number of unbranched alkanes of at least 4 members (excludes halogenated alkanes) is 1. The number of nitrogens with two attached hydrogens (primary N) is 1. The van der Waals surface area contributed by atoms with Gasteiger partial charge in [0.1, 0.15) is 0 Å². The van der Waals surface area contributed by atoms with E-state index in [1.54, 1.807) is 19.1 Å². The van der Waals surface area contributed by atoms with Crippen LogP contribution in [0.1, 0.15) is 19.8 Å². The van der Waals surface area contributed by atoms with E-state index in [0.29, 0.717) is 17.9 Å². The fraction of sp³-hybridized carbons (Fsp3) is 0.538. The van der Waals surface area contributed by atoms with E-state index in [0.717, 1.165) is 25.1 Å². The maximum Gasteiger partial charge on any atom is 0.240 e. The van der Waals surface area contributed by atoms with Crippen LogP contribution in [-0.2, 0) is 10.0 Å². The van der Waals surface area contributed by atoms with Crippen molar-refractivity contribution in [1.29, 1.82) is 0 Å². The lowest BCUT2D eigenvalue weighted by Gasteiger charge is -2.12. The first-order chi connectivity index (χ1) is 9.51. The summed E-state index contributed by atoms with van der Waals surface area (Å²) in [6, 6.07) is 4.72. The predicted octanol–water partition coefficient (Wildman–Crippen LogP) is 2.12. The molecule has 1 aromatic carbocycles. The number of benzene rings is 1. The van der Waals surface area contributed by atoms with Crippen LogP contribution in [0.2, 0.25) is 0 Å². The van der Waals surface area contributed by atoms with E-state index in [9.17, 15) is 8.42 Å². The van der Waals surface area contributed by atoms with Crippen LogP contribution in [0.15, 0.2) is 23.1 Å². The molecule has 0 saturated carbocycles. The fourth-order valence-electron chi connectivity index (χ4n) is 1.72. The van der Waals surface area contributed by atoms with Gasteiger partial charge in [0.2, 0.25) is 10.0 Å². The molecule has 0 fully saturated rings. The highest BCUT2D eigenvalue weighted by molar-refractivity contribution is 7.98. The van der Waals surface area contributed by atoms with E-state index < -0.39 is 10.0 Å². The Morgan fingerprint density at radius 1 is 1.30 bits per heavy atom. The molecule has 0 radical (unpaired) electrons. The Bertz CT molecular complexity index is 518. The van der Waals surface area contributed by atoms with Crippen LogP contribution in [0, 0.1) is 0 Å². The molecule has 0 amide bonds. The maximum absolute atomic E-state index is 11.9. The average molecular weight is 317 g/mol. The van der Waals surface area contributed by atoms with Gasteiger partial charge in [-0.15, -0.1) is 0 Å². The molecule has 0 aliphatic rings.